The normalized spacial score (nSPS) is 32.3. The van der Waals surface area contributed by atoms with Crippen LogP contribution in [0.15, 0.2) is 18.2 Å². The Kier molecular flexibility index (Phi) is 4.26. The minimum absolute atomic E-state index is 0.165. The van der Waals surface area contributed by atoms with E-state index < -0.39 is 0 Å². The molecule has 0 atom stereocenters. The minimum Gasteiger partial charge on any atom is -0.497 e. The van der Waals surface area contributed by atoms with Crippen molar-refractivity contribution in [3.8, 4) is 11.5 Å². The third-order valence-electron chi connectivity index (χ3n) is 6.44. The number of carbonyl (C=O) groups is 1. The molecule has 136 valence electrons. The van der Waals surface area contributed by atoms with Gasteiger partial charge < -0.3 is 20.1 Å². The van der Waals surface area contributed by atoms with Crippen molar-refractivity contribution < 1.29 is 14.3 Å². The average Bonchev–Trinajstić information content (AvgIpc) is 2.59. The summed E-state index contributed by atoms with van der Waals surface area (Å²) in [5, 5.41) is 6.04. The molecule has 1 aromatic rings. The number of rotatable bonds is 5. The van der Waals surface area contributed by atoms with Crippen LogP contribution in [0.4, 0.5) is 10.5 Å². The molecule has 4 aliphatic rings. The minimum atomic E-state index is -0.165. The molecule has 4 bridgehead atoms. The third kappa shape index (κ3) is 3.29. The number of amides is 2. The van der Waals surface area contributed by atoms with E-state index in [9.17, 15) is 4.79 Å². The monoisotopic (exact) mass is 344 g/mol. The zero-order valence-electron chi connectivity index (χ0n) is 15.1. The maximum Gasteiger partial charge on any atom is 0.319 e. The molecule has 2 N–H and O–H groups in total. The van der Waals surface area contributed by atoms with Crippen molar-refractivity contribution >= 4 is 11.7 Å². The number of carbonyl (C=O) groups excluding carboxylic acids is 1. The van der Waals surface area contributed by atoms with E-state index >= 15 is 0 Å². The van der Waals surface area contributed by atoms with Crippen LogP contribution in [0.5, 0.6) is 11.5 Å². The quantitative estimate of drug-likeness (QED) is 0.847. The van der Waals surface area contributed by atoms with Crippen LogP contribution < -0.4 is 20.1 Å². The summed E-state index contributed by atoms with van der Waals surface area (Å²) in [5.41, 5.74) is 0.967. The highest BCUT2D eigenvalue weighted by molar-refractivity contribution is 5.91. The SMILES string of the molecule is COc1ccc(OC)c(NC(=O)NCC23CC4CC(CC(C4)C2)C3)c1. The highest BCUT2D eigenvalue weighted by Crippen LogP contribution is 2.59. The number of anilines is 1. The number of nitrogens with one attached hydrogen (secondary N) is 2. The number of hydrogen-bond acceptors (Lipinski definition) is 3. The second kappa shape index (κ2) is 6.43. The number of methoxy groups -OCH3 is 2. The Bertz CT molecular complexity index is 623. The van der Waals surface area contributed by atoms with Crippen molar-refractivity contribution in [2.24, 2.45) is 23.2 Å². The molecule has 4 fully saturated rings. The molecule has 5 heteroatoms. The maximum absolute atomic E-state index is 12.5. The Morgan fingerprint density at radius 3 is 2.28 bits per heavy atom. The van der Waals surface area contributed by atoms with Crippen molar-refractivity contribution in [1.29, 1.82) is 0 Å². The molecular weight excluding hydrogens is 316 g/mol. The molecule has 0 aliphatic heterocycles. The maximum atomic E-state index is 12.5. The van der Waals surface area contributed by atoms with Gasteiger partial charge in [-0.15, -0.1) is 0 Å². The van der Waals surface area contributed by atoms with Crippen molar-refractivity contribution in [2.75, 3.05) is 26.1 Å². The Balaban J connectivity index is 1.38. The van der Waals surface area contributed by atoms with Gasteiger partial charge in [0.2, 0.25) is 0 Å². The Labute approximate surface area is 149 Å². The van der Waals surface area contributed by atoms with Gasteiger partial charge in [-0.3, -0.25) is 0 Å². The number of urea groups is 1. The Hall–Kier alpha value is -1.91. The van der Waals surface area contributed by atoms with Crippen LogP contribution in [0, 0.1) is 23.2 Å². The summed E-state index contributed by atoms with van der Waals surface area (Å²) in [5.74, 6) is 4.02. The fourth-order valence-electron chi connectivity index (χ4n) is 5.85. The van der Waals surface area contributed by atoms with E-state index in [0.29, 0.717) is 22.6 Å². The summed E-state index contributed by atoms with van der Waals surface area (Å²) < 4.78 is 10.6. The molecule has 1 aromatic carbocycles. The largest absolute Gasteiger partial charge is 0.497 e. The molecule has 0 aromatic heterocycles. The van der Waals surface area contributed by atoms with Gasteiger partial charge in [0, 0.05) is 12.6 Å². The number of ether oxygens (including phenoxy) is 2. The van der Waals surface area contributed by atoms with Crippen molar-refractivity contribution in [2.45, 2.75) is 38.5 Å². The molecule has 0 radical (unpaired) electrons. The summed E-state index contributed by atoms with van der Waals surface area (Å²) in [6.45, 7) is 0.786. The fourth-order valence-corrected chi connectivity index (χ4v) is 5.85. The van der Waals surface area contributed by atoms with E-state index in [0.717, 1.165) is 24.3 Å². The predicted molar refractivity (Wildman–Crippen MR) is 97.2 cm³/mol. The molecular formula is C20H28N2O3. The van der Waals surface area contributed by atoms with Crippen molar-refractivity contribution in [1.82, 2.24) is 5.32 Å². The average molecular weight is 344 g/mol. The first-order chi connectivity index (χ1) is 12.1. The summed E-state index contributed by atoms with van der Waals surface area (Å²) in [4.78, 5) is 12.5. The molecule has 2 amide bonds. The van der Waals surface area contributed by atoms with E-state index in [-0.39, 0.29) is 6.03 Å². The van der Waals surface area contributed by atoms with Crippen LogP contribution in [-0.4, -0.2) is 26.8 Å². The topological polar surface area (TPSA) is 59.6 Å². The lowest BCUT2D eigenvalue weighted by Gasteiger charge is -2.56. The lowest BCUT2D eigenvalue weighted by atomic mass is 9.49. The van der Waals surface area contributed by atoms with Gasteiger partial charge in [-0.1, -0.05) is 0 Å². The summed E-state index contributed by atoms with van der Waals surface area (Å²) in [6, 6.07) is 5.23. The summed E-state index contributed by atoms with van der Waals surface area (Å²) in [6.07, 6.45) is 8.15. The van der Waals surface area contributed by atoms with Crippen molar-refractivity contribution in [3.05, 3.63) is 18.2 Å². The van der Waals surface area contributed by atoms with Gasteiger partial charge in [0.05, 0.1) is 19.9 Å². The lowest BCUT2D eigenvalue weighted by Crippen LogP contribution is -2.51. The van der Waals surface area contributed by atoms with E-state index in [1.807, 2.05) is 6.07 Å². The standard InChI is InChI=1S/C20H28N2O3/c1-24-16-3-4-18(25-2)17(8-16)22-19(23)21-12-20-9-13-5-14(10-20)7-15(6-13)11-20/h3-4,8,13-15H,5-7,9-12H2,1-2H3,(H2,21,22,23). The zero-order chi connectivity index (χ0) is 17.4. The molecule has 0 heterocycles. The first-order valence-corrected chi connectivity index (χ1v) is 9.36. The van der Waals surface area contributed by atoms with Crippen LogP contribution in [0.1, 0.15) is 38.5 Å². The molecule has 4 saturated carbocycles. The van der Waals surface area contributed by atoms with E-state index in [2.05, 4.69) is 10.6 Å². The molecule has 4 aliphatic carbocycles. The fraction of sp³-hybridized carbons (Fsp3) is 0.650. The molecule has 0 unspecified atom stereocenters. The van der Waals surface area contributed by atoms with E-state index in [1.165, 1.54) is 38.5 Å². The highest BCUT2D eigenvalue weighted by atomic mass is 16.5. The molecule has 25 heavy (non-hydrogen) atoms. The van der Waals surface area contributed by atoms with Crippen LogP contribution in [0.25, 0.3) is 0 Å². The van der Waals surface area contributed by atoms with Crippen molar-refractivity contribution in [3.63, 3.8) is 0 Å². The second-order valence-electron chi connectivity index (χ2n) is 8.29. The van der Waals surface area contributed by atoms with Gasteiger partial charge in [-0.05, 0) is 73.8 Å². The van der Waals surface area contributed by atoms with Gasteiger partial charge >= 0.3 is 6.03 Å². The van der Waals surface area contributed by atoms with Gasteiger partial charge in [0.15, 0.2) is 0 Å². The molecule has 0 saturated heterocycles. The first-order valence-electron chi connectivity index (χ1n) is 9.36. The van der Waals surface area contributed by atoms with Crippen LogP contribution in [0.2, 0.25) is 0 Å². The molecule has 5 nitrogen and oxygen atoms in total. The van der Waals surface area contributed by atoms with Gasteiger partial charge in [-0.2, -0.15) is 0 Å². The second-order valence-corrected chi connectivity index (χ2v) is 8.29. The predicted octanol–water partition coefficient (Wildman–Crippen LogP) is 4.04. The number of benzene rings is 1. The Morgan fingerprint density at radius 2 is 1.72 bits per heavy atom. The van der Waals surface area contributed by atoms with Crippen LogP contribution in [0.3, 0.4) is 0 Å². The third-order valence-corrected chi connectivity index (χ3v) is 6.44. The van der Waals surface area contributed by atoms with Gasteiger partial charge in [-0.25, -0.2) is 4.79 Å². The van der Waals surface area contributed by atoms with E-state index in [1.54, 1.807) is 26.4 Å². The highest BCUT2D eigenvalue weighted by Gasteiger charge is 2.50. The first kappa shape index (κ1) is 16.6. The molecule has 5 rings (SSSR count). The zero-order valence-corrected chi connectivity index (χ0v) is 15.1. The van der Waals surface area contributed by atoms with Gasteiger partial charge in [0.1, 0.15) is 11.5 Å². The summed E-state index contributed by atoms with van der Waals surface area (Å²) >= 11 is 0. The summed E-state index contributed by atoms with van der Waals surface area (Å²) in [7, 11) is 3.21. The van der Waals surface area contributed by atoms with E-state index in [4.69, 9.17) is 9.47 Å². The lowest BCUT2D eigenvalue weighted by molar-refractivity contribution is -0.0496. The smallest absolute Gasteiger partial charge is 0.319 e. The van der Waals surface area contributed by atoms with Gasteiger partial charge in [0.25, 0.3) is 0 Å². The number of hydrogen-bond donors (Lipinski definition) is 2. The van der Waals surface area contributed by atoms with Crippen LogP contribution in [-0.2, 0) is 0 Å². The Morgan fingerprint density at radius 1 is 1.08 bits per heavy atom. The molecule has 0 spiro atoms. The van der Waals surface area contributed by atoms with Crippen LogP contribution >= 0.6 is 0 Å².